The van der Waals surface area contributed by atoms with Crippen molar-refractivity contribution in [2.75, 3.05) is 19.7 Å². The lowest BCUT2D eigenvalue weighted by atomic mass is 9.74. The van der Waals surface area contributed by atoms with E-state index in [-0.39, 0.29) is 11.5 Å². The second-order valence-corrected chi connectivity index (χ2v) is 9.81. The highest BCUT2D eigenvalue weighted by Gasteiger charge is 2.38. The van der Waals surface area contributed by atoms with Gasteiger partial charge in [0.2, 0.25) is 0 Å². The van der Waals surface area contributed by atoms with Crippen LogP contribution in [0.15, 0.2) is 48.5 Å². The lowest BCUT2D eigenvalue weighted by Crippen LogP contribution is -2.47. The number of carbonyl (C=O) groups is 1. The maximum absolute atomic E-state index is 12.5. The van der Waals surface area contributed by atoms with Gasteiger partial charge in [-0.25, -0.2) is 4.79 Å². The van der Waals surface area contributed by atoms with Crippen LogP contribution in [0, 0.1) is 5.41 Å². The molecule has 0 N–H and O–H groups in total. The number of hydrogen-bond donors (Lipinski definition) is 0. The van der Waals surface area contributed by atoms with Crippen molar-refractivity contribution < 1.29 is 14.3 Å². The summed E-state index contributed by atoms with van der Waals surface area (Å²) in [5.41, 5.74) is 0.694. The van der Waals surface area contributed by atoms with Gasteiger partial charge in [-0.05, 0) is 57.7 Å². The van der Waals surface area contributed by atoms with Crippen molar-refractivity contribution in [3.63, 3.8) is 0 Å². The second-order valence-electron chi connectivity index (χ2n) is 8.99. The molecule has 3 rings (SSSR count). The molecule has 1 fully saturated rings. The van der Waals surface area contributed by atoms with Crippen molar-refractivity contribution in [3.05, 3.63) is 64.1 Å². The molecule has 0 saturated carbocycles. The summed E-state index contributed by atoms with van der Waals surface area (Å²) < 4.78 is 11.7. The van der Waals surface area contributed by atoms with Crippen molar-refractivity contribution >= 4 is 29.3 Å². The minimum absolute atomic E-state index is 0.0774. The number of nitrogens with zero attached hydrogens (tertiary/aromatic N) is 1. The Morgan fingerprint density at radius 3 is 2.30 bits per heavy atom. The number of carbonyl (C=O) groups excluding carboxylic acids is 1. The van der Waals surface area contributed by atoms with E-state index in [1.54, 1.807) is 17.0 Å². The molecule has 2 aromatic carbocycles. The monoisotopic (exact) mass is 449 g/mol. The number of ether oxygens (including phenoxy) is 2. The molecule has 2 aromatic rings. The van der Waals surface area contributed by atoms with Crippen LogP contribution in [0.2, 0.25) is 10.0 Å². The maximum atomic E-state index is 12.5. The average molecular weight is 450 g/mol. The third-order valence-corrected chi connectivity index (χ3v) is 6.07. The summed E-state index contributed by atoms with van der Waals surface area (Å²) in [5, 5.41) is 0.986. The second kappa shape index (κ2) is 9.49. The molecule has 0 radical (unpaired) electrons. The Morgan fingerprint density at radius 1 is 1.03 bits per heavy atom. The topological polar surface area (TPSA) is 38.8 Å². The molecule has 1 aliphatic heterocycles. The smallest absolute Gasteiger partial charge is 0.410 e. The zero-order valence-electron chi connectivity index (χ0n) is 17.8. The Morgan fingerprint density at radius 2 is 1.70 bits per heavy atom. The summed E-state index contributed by atoms with van der Waals surface area (Å²) in [6, 6.07) is 15.7. The minimum atomic E-state index is -0.493. The molecule has 0 aliphatic carbocycles. The molecule has 1 saturated heterocycles. The van der Waals surface area contributed by atoms with Crippen LogP contribution in [0.25, 0.3) is 0 Å². The van der Waals surface area contributed by atoms with Gasteiger partial charge < -0.3 is 14.4 Å². The number of rotatable bonds is 5. The van der Waals surface area contributed by atoms with Gasteiger partial charge in [0, 0.05) is 24.6 Å². The lowest BCUT2D eigenvalue weighted by Gasteiger charge is -2.42. The van der Waals surface area contributed by atoms with Crippen LogP contribution in [0.5, 0.6) is 5.75 Å². The first-order chi connectivity index (χ1) is 14.2. The number of hydrogen-bond acceptors (Lipinski definition) is 3. The Bertz CT molecular complexity index is 856. The van der Waals surface area contributed by atoms with E-state index in [0.717, 1.165) is 19.3 Å². The van der Waals surface area contributed by atoms with Crippen LogP contribution in [0.1, 0.15) is 39.2 Å². The van der Waals surface area contributed by atoms with Gasteiger partial charge in [-0.15, -0.1) is 0 Å². The van der Waals surface area contributed by atoms with Gasteiger partial charge in [0.25, 0.3) is 0 Å². The van der Waals surface area contributed by atoms with Gasteiger partial charge in [-0.3, -0.25) is 0 Å². The number of likely N-dealkylation sites (tertiary alicyclic amines) is 1. The van der Waals surface area contributed by atoms with Crippen molar-refractivity contribution in [3.8, 4) is 5.75 Å². The fraction of sp³-hybridized carbons (Fsp3) is 0.458. The zero-order chi connectivity index (χ0) is 21.8. The highest BCUT2D eigenvalue weighted by atomic mass is 35.5. The molecule has 0 spiro atoms. The number of benzene rings is 2. The summed E-state index contributed by atoms with van der Waals surface area (Å²) in [6.07, 6.45) is 2.31. The van der Waals surface area contributed by atoms with Crippen LogP contribution in [-0.2, 0) is 11.2 Å². The molecule has 1 aliphatic rings. The summed E-state index contributed by atoms with van der Waals surface area (Å²) in [6.45, 7) is 7.50. The predicted molar refractivity (Wildman–Crippen MR) is 122 cm³/mol. The van der Waals surface area contributed by atoms with Gasteiger partial charge in [-0.2, -0.15) is 0 Å². The van der Waals surface area contributed by atoms with E-state index in [4.69, 9.17) is 32.7 Å². The van der Waals surface area contributed by atoms with E-state index in [1.807, 2.05) is 32.9 Å². The largest absolute Gasteiger partial charge is 0.493 e. The fourth-order valence-corrected chi connectivity index (χ4v) is 3.98. The molecule has 30 heavy (non-hydrogen) atoms. The molecule has 0 atom stereocenters. The van der Waals surface area contributed by atoms with E-state index in [2.05, 4.69) is 24.3 Å². The van der Waals surface area contributed by atoms with E-state index in [0.29, 0.717) is 35.5 Å². The Balaban J connectivity index is 1.71. The summed E-state index contributed by atoms with van der Waals surface area (Å²) in [4.78, 5) is 14.3. The standard InChI is InChI=1S/C24H29Cl2NO3/c1-23(2,3)30-22(28)27-13-11-24(12-14-27,16-18-7-5-4-6-8-18)17-29-19-9-10-20(25)21(26)15-19/h4-10,15H,11-14,16-17H2,1-3H3. The molecule has 0 aromatic heterocycles. The minimum Gasteiger partial charge on any atom is -0.493 e. The Kier molecular flexibility index (Phi) is 7.20. The SMILES string of the molecule is CC(C)(C)OC(=O)N1CCC(COc2ccc(Cl)c(Cl)c2)(Cc2ccccc2)CC1. The normalized spacial score (nSPS) is 16.2. The van der Waals surface area contributed by atoms with E-state index in [9.17, 15) is 4.79 Å². The number of piperidine rings is 1. The molecule has 4 nitrogen and oxygen atoms in total. The van der Waals surface area contributed by atoms with Crippen LogP contribution >= 0.6 is 23.2 Å². The third kappa shape index (κ3) is 6.29. The van der Waals surface area contributed by atoms with Gasteiger partial charge in [-0.1, -0.05) is 53.5 Å². The predicted octanol–water partition coefficient (Wildman–Crippen LogP) is 6.63. The molecule has 0 bridgehead atoms. The van der Waals surface area contributed by atoms with Gasteiger partial charge in [0.1, 0.15) is 11.4 Å². The van der Waals surface area contributed by atoms with Crippen LogP contribution in [-0.4, -0.2) is 36.3 Å². The third-order valence-electron chi connectivity index (χ3n) is 5.33. The van der Waals surface area contributed by atoms with Gasteiger partial charge in [0.15, 0.2) is 0 Å². The first-order valence-corrected chi connectivity index (χ1v) is 11.0. The molecule has 6 heteroatoms. The van der Waals surface area contributed by atoms with Crippen molar-refractivity contribution in [1.29, 1.82) is 0 Å². The summed E-state index contributed by atoms with van der Waals surface area (Å²) in [7, 11) is 0. The Labute approximate surface area is 189 Å². The highest BCUT2D eigenvalue weighted by molar-refractivity contribution is 6.42. The van der Waals surface area contributed by atoms with E-state index in [1.165, 1.54) is 5.56 Å². The number of amides is 1. The maximum Gasteiger partial charge on any atom is 0.410 e. The van der Waals surface area contributed by atoms with Crippen LogP contribution in [0.3, 0.4) is 0 Å². The first-order valence-electron chi connectivity index (χ1n) is 10.3. The van der Waals surface area contributed by atoms with E-state index < -0.39 is 5.60 Å². The molecule has 1 amide bonds. The molecule has 162 valence electrons. The van der Waals surface area contributed by atoms with Crippen molar-refractivity contribution in [2.45, 2.75) is 45.6 Å². The molecular weight excluding hydrogens is 421 g/mol. The average Bonchev–Trinajstić information content (AvgIpc) is 2.69. The molecule has 0 unspecified atom stereocenters. The van der Waals surface area contributed by atoms with Gasteiger partial charge in [0.05, 0.1) is 16.7 Å². The number of halogens is 2. The molecule has 1 heterocycles. The van der Waals surface area contributed by atoms with Crippen LogP contribution in [0.4, 0.5) is 4.79 Å². The van der Waals surface area contributed by atoms with Crippen molar-refractivity contribution in [1.82, 2.24) is 4.90 Å². The quantitative estimate of drug-likeness (QED) is 0.513. The van der Waals surface area contributed by atoms with Gasteiger partial charge >= 0.3 is 6.09 Å². The lowest BCUT2D eigenvalue weighted by molar-refractivity contribution is 0.00240. The first kappa shape index (κ1) is 22.8. The van der Waals surface area contributed by atoms with Crippen LogP contribution < -0.4 is 4.74 Å². The zero-order valence-corrected chi connectivity index (χ0v) is 19.3. The highest BCUT2D eigenvalue weighted by Crippen LogP contribution is 2.37. The van der Waals surface area contributed by atoms with E-state index >= 15 is 0 Å². The summed E-state index contributed by atoms with van der Waals surface area (Å²) in [5.74, 6) is 0.700. The fourth-order valence-electron chi connectivity index (χ4n) is 3.69. The summed E-state index contributed by atoms with van der Waals surface area (Å²) >= 11 is 12.2. The molecular formula is C24H29Cl2NO3. The Hall–Kier alpha value is -1.91. The van der Waals surface area contributed by atoms with Crippen molar-refractivity contribution in [2.24, 2.45) is 5.41 Å².